The molecule has 8 aliphatic rings. The van der Waals surface area contributed by atoms with Crippen molar-refractivity contribution in [2.75, 3.05) is 109 Å². The molecule has 4 saturated heterocycles. The highest BCUT2D eigenvalue weighted by Crippen LogP contribution is 2.50. The Bertz CT molecular complexity index is 7500. The number of carbonyl (C=O) groups excluding carboxylic acids is 4. The number of piperidine rings is 4. The molecule has 24 heteroatoms. The van der Waals surface area contributed by atoms with Crippen LogP contribution in [0.3, 0.4) is 0 Å². The molecule has 0 spiro atoms. The van der Waals surface area contributed by atoms with E-state index in [0.29, 0.717) is 24.3 Å². The van der Waals surface area contributed by atoms with Crippen molar-refractivity contribution < 1.29 is 184 Å². The minimum Gasteiger partial charge on any atom is -0.493 e. The Kier molecular flexibility index (Phi) is 12.9. The average Bonchev–Trinajstić information content (AvgIpc) is 0.564. The number of esters is 4. The number of methoxy groups -OCH3 is 8. The fraction of sp³-hybridized carbons (Fsp3) is 0.708. The topological polar surface area (TPSA) is 296 Å². The van der Waals surface area contributed by atoms with Gasteiger partial charge in [0.05, 0.1) is 77.3 Å². The first kappa shape index (κ1) is 35.3. The van der Waals surface area contributed by atoms with Gasteiger partial charge in [-0.15, -0.1) is 0 Å². The second-order valence-electron chi connectivity index (χ2n) is 28.2. The van der Waals surface area contributed by atoms with E-state index in [0.717, 1.165) is 59.8 Å². The summed E-state index contributed by atoms with van der Waals surface area (Å²) in [5.41, 5.74) is 15.9. The van der Waals surface area contributed by atoms with E-state index in [2.05, 4.69) is 0 Å². The maximum Gasteiger partial charge on any atom is 0.323 e. The number of benzene rings is 4. The van der Waals surface area contributed by atoms with Crippen molar-refractivity contribution in [3.8, 4) is 46.0 Å². The van der Waals surface area contributed by atoms with Crippen LogP contribution in [0.5, 0.6) is 46.0 Å². The summed E-state index contributed by atoms with van der Waals surface area (Å²) in [4.78, 5) is 54.3. The molecule has 24 nitrogen and oxygen atoms in total. The molecule has 12 rings (SSSR count). The predicted octanol–water partition coefficient (Wildman–Crippen LogP) is 14.3. The van der Waals surface area contributed by atoms with Crippen molar-refractivity contribution in [1.82, 2.24) is 19.6 Å². The molecule has 0 aromatic heterocycles. The summed E-state index contributed by atoms with van der Waals surface area (Å²) < 4.78 is 732. The van der Waals surface area contributed by atoms with Crippen LogP contribution in [0.15, 0.2) is 48.5 Å². The zero-order valence-electron chi connectivity index (χ0n) is 147. The monoisotopic (exact) mass is 1750 g/mol. The van der Waals surface area contributed by atoms with Gasteiger partial charge in [0.25, 0.3) is 0 Å². The van der Waals surface area contributed by atoms with E-state index in [1.54, 1.807) is 0 Å². The molecule has 4 aromatic carbocycles. The first-order chi connectivity index (χ1) is 87.3. The molecule has 8 N–H and O–H groups in total. The van der Waals surface area contributed by atoms with Gasteiger partial charge >= 0.3 is 23.9 Å². The third-order valence-electron chi connectivity index (χ3n) is 17.6. The number of rotatable bonds is 28. The lowest BCUT2D eigenvalue weighted by Gasteiger charge is -2.47. The van der Waals surface area contributed by atoms with E-state index in [1.165, 1.54) is 62.5 Å². The molecule has 0 saturated carbocycles. The molecule has 672 valence electrons. The molecule has 4 fully saturated rings. The van der Waals surface area contributed by atoms with Crippen LogP contribution in [0, 0.1) is 70.8 Å². The van der Waals surface area contributed by atoms with Crippen molar-refractivity contribution >= 4 is 23.9 Å². The highest BCUT2D eigenvalue weighted by Gasteiger charge is 2.47. The maximum absolute atomic E-state index is 13.8. The van der Waals surface area contributed by atoms with Gasteiger partial charge in [-0.2, -0.15) is 0 Å². The molecule has 8 aliphatic heterocycles. The van der Waals surface area contributed by atoms with Crippen LogP contribution in [0.4, 0.5) is 0 Å². The minimum absolute atomic E-state index is 0.0863. The van der Waals surface area contributed by atoms with E-state index in [1.807, 2.05) is 0 Å². The molecule has 120 heavy (non-hydrogen) atoms. The lowest BCUT2D eigenvalue weighted by atomic mass is 9.79. The van der Waals surface area contributed by atoms with Gasteiger partial charge in [-0.1, -0.05) is 110 Å². The fourth-order valence-corrected chi connectivity index (χ4v) is 12.0. The molecular weight excluding hydrogens is 1520 g/mol. The summed E-state index contributed by atoms with van der Waals surface area (Å²) in [6.45, 7) is -50.7. The molecule has 0 radical (unpaired) electrons. The van der Waals surface area contributed by atoms with Crippen molar-refractivity contribution in [2.24, 2.45) is 93.8 Å². The fourth-order valence-electron chi connectivity index (χ4n) is 12.0. The normalized spacial score (nSPS) is 49.3. The Balaban J connectivity index is 0.000000287. The SMILES string of the molecule is [2H]C([2H])([2H])C([2H])(C([2H])([2H])[2H])[C@]([2H])(N)C(=O)OC1([2H])C([2H])([2H])C2([2H])c3cc(OC)c(OC)cc3C([2H])([2H])C([2H])([2H])N2C([2H])([2H])C1([2H])CC(C)C.[2H]C([2H])([2H])C([2H])(C([2H])([2H])[2H])[C@]([2H])(N)C(=O)OC1C([2H])([2H])C2([2H])c3cc(OC)c(OC)cc3C([2H])([2H])C([2H])([2H])N2C([2H])([2H])C1([2H])CC(C)C.[2H]C([2H])([2H])Oc1cc2c(cc1OC)C1([2H])N(C([2H])([2H])C2([2H])[2H])C([2H])([2H])C([2H])(CC(C)C)C(OC(=O)[C@@]([2H])(N)C([2H])(C([2H])([2H])[2H])C([2H])([2H])[2H])C1([2H])[2H].[2H]C([2H])([2H])Oc1cc2c(cc1OC)C1([2H])N(C([2H])([2H])C2([2H])[2H])C([2H])([2H])C([2H])(CC(C)C)C(OC(=O)[C@@]([2H])(N)C([2H])(C([2H])([2H])[2H])C([2H])([2H])[2H])C1([2H])[2H]. The van der Waals surface area contributed by atoms with Gasteiger partial charge in [-0.3, -0.25) is 38.8 Å². The largest absolute Gasteiger partial charge is 0.493 e. The summed E-state index contributed by atoms with van der Waals surface area (Å²) in [6, 6.07) is -24.7. The summed E-state index contributed by atoms with van der Waals surface area (Å²) in [7, 11) is 0.137. The number of carbonyl (C=O) groups is 4. The van der Waals surface area contributed by atoms with Crippen molar-refractivity contribution in [2.45, 2.75) is 259 Å². The maximum atomic E-state index is 13.8. The Labute approximate surface area is 829 Å². The quantitative estimate of drug-likeness (QED) is 0.0303. The van der Waals surface area contributed by atoms with Gasteiger partial charge in [-0.05, 0) is 191 Å². The van der Waals surface area contributed by atoms with Crippen molar-refractivity contribution in [3.63, 3.8) is 0 Å². The molecule has 4 aromatic rings. The summed E-state index contributed by atoms with van der Waals surface area (Å²) in [5, 5.41) is 0. The number of hydrogen-bond donors (Lipinski definition) is 4. The molecule has 8 heterocycles. The van der Waals surface area contributed by atoms with Crippen LogP contribution in [0.1, 0.15) is 338 Å². The highest BCUT2D eigenvalue weighted by atomic mass is 16.6. The van der Waals surface area contributed by atoms with Gasteiger partial charge in [0.2, 0.25) is 0 Å². The van der Waals surface area contributed by atoms with E-state index in [4.69, 9.17) is 154 Å². The highest BCUT2D eigenvalue weighted by molar-refractivity contribution is 5.77. The number of nitrogens with two attached hydrogens (primary N) is 4. The van der Waals surface area contributed by atoms with Gasteiger partial charge in [-0.25, -0.2) is 0 Å². The minimum atomic E-state index is -4.22. The van der Waals surface area contributed by atoms with Gasteiger partial charge in [0.15, 0.2) is 46.0 Å². The number of ether oxygens (including phenoxy) is 12. The van der Waals surface area contributed by atoms with Gasteiger partial charge in [0.1, 0.15) is 48.5 Å². The second kappa shape index (κ2) is 43.9. The second-order valence-corrected chi connectivity index (χ2v) is 28.2. The lowest BCUT2D eigenvalue weighted by Crippen LogP contribution is -2.51. The van der Waals surface area contributed by atoms with Gasteiger partial charge < -0.3 is 79.8 Å². The average molecular weight is 1750 g/mol. The number of nitrogens with zero attached hydrogens (tertiary/aromatic N) is 4. The molecule has 12 unspecified atom stereocenters. The van der Waals surface area contributed by atoms with Crippen LogP contribution in [0.2, 0.25) is 0 Å². The van der Waals surface area contributed by atoms with E-state index in [-0.39, 0.29) is 42.6 Å². The first-order valence-corrected chi connectivity index (χ1v) is 36.4. The summed E-state index contributed by atoms with van der Waals surface area (Å²) >= 11 is 0. The predicted molar refractivity (Wildman–Crippen MR) is 471 cm³/mol. The smallest absolute Gasteiger partial charge is 0.323 e. The van der Waals surface area contributed by atoms with Crippen molar-refractivity contribution in [1.29, 1.82) is 0 Å². The van der Waals surface area contributed by atoms with Gasteiger partial charge in [0, 0.05) is 213 Å². The van der Waals surface area contributed by atoms with E-state index < -0.39 is 432 Å². The molecule has 0 bridgehead atoms. The van der Waals surface area contributed by atoms with E-state index >= 15 is 0 Å². The number of hydrogen-bond acceptors (Lipinski definition) is 24. The molecule has 0 aliphatic carbocycles. The van der Waals surface area contributed by atoms with Crippen LogP contribution in [-0.2, 0) is 63.6 Å². The van der Waals surface area contributed by atoms with Crippen LogP contribution in [0.25, 0.3) is 0 Å². The molecule has 16 atom stereocenters. The summed E-state index contributed by atoms with van der Waals surface area (Å²) in [5.74, 6) is -46.6. The Morgan fingerprint density at radius 2 is 0.583 bits per heavy atom. The number of aryl methyl sites for hydroxylation is 4. The Hall–Kier alpha value is -7.16. The number of fused-ring (bicyclic) bond motifs is 12. The first-order valence-electron chi connectivity index (χ1n) is 75.9. The van der Waals surface area contributed by atoms with Crippen LogP contribution < -0.4 is 60.8 Å². The standard InChI is InChI=1S/4C24H38N2O4/c4*1-14(2)9-17-13-26-8-7-16-10-21(28-5)22(29-6)11-18(16)19(26)12-20(17)30-24(27)23(25)15(3)4/h4*10-11,14-15,17,19-20,23H,7-9,12-13,25H2,1-6H3/t4*17?,19?,20?,23-/m0000/s1/i3D3,4D3,7D2,8D2,12D2,13D2,15D,17D,19D,20D,23D;2*3D3,4D3,5D3,7D2,8D2,12D2,13D2,15D,17D,19D,23D;3D3,4D3,7D2,8D2,12D2,13D2,15D,17D,19D,23D. The van der Waals surface area contributed by atoms with E-state index in [9.17, 15) is 53.4 Å². The lowest BCUT2D eigenvalue weighted by molar-refractivity contribution is -0.161. The Morgan fingerprint density at radius 1 is 0.358 bits per heavy atom. The van der Waals surface area contributed by atoms with Crippen LogP contribution >= 0.6 is 0 Å². The zero-order valence-corrected chi connectivity index (χ0v) is 67.6. The molecular formula is C96H152N8O16. The molecule has 0 amide bonds. The Morgan fingerprint density at radius 3 is 0.825 bits per heavy atom. The zero-order chi connectivity index (χ0) is 157. The third kappa shape index (κ3) is 23.8. The van der Waals surface area contributed by atoms with Crippen LogP contribution in [-0.4, -0.2) is 201 Å². The third-order valence-corrected chi connectivity index (χ3v) is 17.6. The van der Waals surface area contributed by atoms with Crippen molar-refractivity contribution in [3.05, 3.63) is 93.0 Å². The summed E-state index contributed by atoms with van der Waals surface area (Å²) in [6.07, 6.45) is -45.2.